The molecule has 0 spiro atoms. The Morgan fingerprint density at radius 3 is 2.48 bits per heavy atom. The summed E-state index contributed by atoms with van der Waals surface area (Å²) in [5.74, 6) is 1.02. The van der Waals surface area contributed by atoms with Crippen molar-refractivity contribution in [1.82, 2.24) is 10.2 Å². The van der Waals surface area contributed by atoms with Gasteiger partial charge in [0.25, 0.3) is 0 Å². The lowest BCUT2D eigenvalue weighted by Crippen LogP contribution is -2.46. The SMILES string of the molecule is Cc1ccc(C(=O)C2CCN(C(=O)N[C@H]3COc4ccccc43)CC2)cc1. The van der Waals surface area contributed by atoms with Crippen molar-refractivity contribution < 1.29 is 14.3 Å². The summed E-state index contributed by atoms with van der Waals surface area (Å²) in [6.07, 6.45) is 1.41. The summed E-state index contributed by atoms with van der Waals surface area (Å²) in [5, 5.41) is 3.06. The molecule has 0 aliphatic carbocycles. The number of hydrogen-bond donors (Lipinski definition) is 1. The summed E-state index contributed by atoms with van der Waals surface area (Å²) in [5.41, 5.74) is 2.94. The van der Waals surface area contributed by atoms with Gasteiger partial charge in [0.05, 0.1) is 6.04 Å². The Labute approximate surface area is 159 Å². The van der Waals surface area contributed by atoms with Gasteiger partial charge in [-0.25, -0.2) is 4.79 Å². The maximum atomic E-state index is 12.7. The number of Topliss-reactive ketones (excluding diaryl/α,β-unsaturated/α-hetero) is 1. The molecular weight excluding hydrogens is 340 g/mol. The normalized spacial score (nSPS) is 19.3. The van der Waals surface area contributed by atoms with Gasteiger partial charge in [0.15, 0.2) is 5.78 Å². The highest BCUT2D eigenvalue weighted by atomic mass is 16.5. The maximum absolute atomic E-state index is 12.7. The Bertz CT molecular complexity index is 839. The number of piperidine rings is 1. The smallest absolute Gasteiger partial charge is 0.318 e. The van der Waals surface area contributed by atoms with E-state index in [1.807, 2.05) is 55.5 Å². The van der Waals surface area contributed by atoms with Gasteiger partial charge >= 0.3 is 6.03 Å². The monoisotopic (exact) mass is 364 g/mol. The molecule has 2 aliphatic rings. The number of ether oxygens (including phenoxy) is 1. The van der Waals surface area contributed by atoms with E-state index in [1.54, 1.807) is 4.90 Å². The molecule has 1 atom stereocenters. The minimum Gasteiger partial charge on any atom is -0.491 e. The van der Waals surface area contributed by atoms with E-state index in [9.17, 15) is 9.59 Å². The predicted octanol–water partition coefficient (Wildman–Crippen LogP) is 3.73. The van der Waals surface area contributed by atoms with Crippen molar-refractivity contribution in [2.45, 2.75) is 25.8 Å². The molecule has 0 unspecified atom stereocenters. The number of ketones is 1. The van der Waals surface area contributed by atoms with Crippen LogP contribution < -0.4 is 10.1 Å². The van der Waals surface area contributed by atoms with Crippen molar-refractivity contribution in [1.29, 1.82) is 0 Å². The summed E-state index contributed by atoms with van der Waals surface area (Å²) < 4.78 is 5.63. The molecule has 27 heavy (non-hydrogen) atoms. The number of benzene rings is 2. The van der Waals surface area contributed by atoms with Gasteiger partial charge in [0, 0.05) is 30.1 Å². The molecule has 1 N–H and O–H groups in total. The molecule has 1 saturated heterocycles. The van der Waals surface area contributed by atoms with Crippen molar-refractivity contribution in [2.24, 2.45) is 5.92 Å². The van der Waals surface area contributed by atoms with E-state index < -0.39 is 0 Å². The number of urea groups is 1. The lowest BCUT2D eigenvalue weighted by Gasteiger charge is -2.32. The number of carbonyl (C=O) groups is 2. The van der Waals surface area contributed by atoms with Crippen LogP contribution in [0, 0.1) is 12.8 Å². The first-order chi connectivity index (χ1) is 13.1. The van der Waals surface area contributed by atoms with Gasteiger partial charge in [-0.2, -0.15) is 0 Å². The third kappa shape index (κ3) is 3.68. The van der Waals surface area contributed by atoms with Crippen LogP contribution in [0.5, 0.6) is 5.75 Å². The van der Waals surface area contributed by atoms with Gasteiger partial charge in [-0.05, 0) is 25.8 Å². The molecule has 2 amide bonds. The fraction of sp³-hybridized carbons (Fsp3) is 0.364. The largest absolute Gasteiger partial charge is 0.491 e. The molecule has 2 aliphatic heterocycles. The second-order valence-electron chi connectivity index (χ2n) is 7.34. The van der Waals surface area contributed by atoms with Gasteiger partial charge in [0.1, 0.15) is 12.4 Å². The second kappa shape index (κ2) is 7.43. The highest BCUT2D eigenvalue weighted by molar-refractivity contribution is 5.98. The molecule has 2 heterocycles. The number of nitrogens with one attached hydrogen (secondary N) is 1. The van der Waals surface area contributed by atoms with Crippen LogP contribution in [0.15, 0.2) is 48.5 Å². The number of likely N-dealkylation sites (tertiary alicyclic amines) is 1. The minimum absolute atomic E-state index is 0.00713. The second-order valence-corrected chi connectivity index (χ2v) is 7.34. The van der Waals surface area contributed by atoms with Gasteiger partial charge in [0.2, 0.25) is 0 Å². The van der Waals surface area contributed by atoms with Crippen LogP contribution in [0.2, 0.25) is 0 Å². The highest BCUT2D eigenvalue weighted by Crippen LogP contribution is 2.32. The number of nitrogens with zero attached hydrogens (tertiary/aromatic N) is 1. The van der Waals surface area contributed by atoms with Crippen molar-refractivity contribution in [3.8, 4) is 5.75 Å². The Kier molecular flexibility index (Phi) is 4.84. The quantitative estimate of drug-likeness (QED) is 0.844. The van der Waals surface area contributed by atoms with Crippen LogP contribution in [0.25, 0.3) is 0 Å². The lowest BCUT2D eigenvalue weighted by molar-refractivity contribution is 0.0853. The summed E-state index contributed by atoms with van der Waals surface area (Å²) >= 11 is 0. The summed E-state index contributed by atoms with van der Waals surface area (Å²) in [6, 6.07) is 15.3. The molecule has 2 aromatic carbocycles. The van der Waals surface area contributed by atoms with Crippen LogP contribution in [-0.4, -0.2) is 36.4 Å². The predicted molar refractivity (Wildman–Crippen MR) is 103 cm³/mol. The van der Waals surface area contributed by atoms with Crippen LogP contribution in [-0.2, 0) is 0 Å². The van der Waals surface area contributed by atoms with Crippen LogP contribution in [0.1, 0.15) is 40.4 Å². The first kappa shape index (κ1) is 17.6. The van der Waals surface area contributed by atoms with E-state index >= 15 is 0 Å². The van der Waals surface area contributed by atoms with Crippen LogP contribution >= 0.6 is 0 Å². The van der Waals surface area contributed by atoms with E-state index in [0.29, 0.717) is 32.5 Å². The Balaban J connectivity index is 1.32. The lowest BCUT2D eigenvalue weighted by atomic mass is 9.89. The Hall–Kier alpha value is -2.82. The molecule has 140 valence electrons. The molecule has 0 aromatic heterocycles. The fourth-order valence-corrected chi connectivity index (χ4v) is 3.82. The number of carbonyl (C=O) groups excluding carboxylic acids is 2. The molecule has 5 heteroatoms. The van der Waals surface area contributed by atoms with E-state index in [1.165, 1.54) is 0 Å². The Morgan fingerprint density at radius 2 is 1.74 bits per heavy atom. The number of aryl methyl sites for hydroxylation is 1. The molecule has 2 aromatic rings. The van der Waals surface area contributed by atoms with Crippen molar-refractivity contribution in [3.05, 3.63) is 65.2 Å². The van der Waals surface area contributed by atoms with Crippen molar-refractivity contribution >= 4 is 11.8 Å². The first-order valence-corrected chi connectivity index (χ1v) is 9.50. The van der Waals surface area contributed by atoms with Crippen LogP contribution in [0.3, 0.4) is 0 Å². The number of fused-ring (bicyclic) bond motifs is 1. The zero-order chi connectivity index (χ0) is 18.8. The first-order valence-electron chi connectivity index (χ1n) is 9.50. The van der Waals surface area contributed by atoms with Gasteiger partial charge in [-0.3, -0.25) is 4.79 Å². The number of para-hydroxylation sites is 1. The standard InChI is InChI=1S/C22H24N2O3/c1-15-6-8-16(9-7-15)21(25)17-10-12-24(13-11-17)22(26)23-19-14-27-20-5-3-2-4-18(19)20/h2-9,17,19H,10-14H2,1H3,(H,23,26)/t19-/m0/s1. The summed E-state index contributed by atoms with van der Waals surface area (Å²) in [6.45, 7) is 3.68. The van der Waals surface area contributed by atoms with E-state index in [2.05, 4.69) is 5.32 Å². The number of hydrogen-bond acceptors (Lipinski definition) is 3. The van der Waals surface area contributed by atoms with Gasteiger partial charge in [-0.1, -0.05) is 48.0 Å². The van der Waals surface area contributed by atoms with E-state index in [0.717, 1.165) is 22.4 Å². The molecule has 4 rings (SSSR count). The topological polar surface area (TPSA) is 58.6 Å². The third-order valence-electron chi connectivity index (χ3n) is 5.49. The average molecular weight is 364 g/mol. The van der Waals surface area contributed by atoms with Gasteiger partial charge in [-0.15, -0.1) is 0 Å². The molecule has 0 bridgehead atoms. The number of amides is 2. The summed E-state index contributed by atoms with van der Waals surface area (Å²) in [4.78, 5) is 27.1. The highest BCUT2D eigenvalue weighted by Gasteiger charge is 2.31. The minimum atomic E-state index is -0.111. The molecule has 1 fully saturated rings. The molecule has 0 saturated carbocycles. The maximum Gasteiger partial charge on any atom is 0.318 e. The van der Waals surface area contributed by atoms with Crippen molar-refractivity contribution in [2.75, 3.05) is 19.7 Å². The molecular formula is C22H24N2O3. The Morgan fingerprint density at radius 1 is 1.04 bits per heavy atom. The average Bonchev–Trinajstić information content (AvgIpc) is 3.11. The van der Waals surface area contributed by atoms with E-state index in [4.69, 9.17) is 4.74 Å². The summed E-state index contributed by atoms with van der Waals surface area (Å²) in [7, 11) is 0. The van der Waals surface area contributed by atoms with Gasteiger partial charge < -0.3 is 15.0 Å². The fourth-order valence-electron chi connectivity index (χ4n) is 3.82. The third-order valence-corrected chi connectivity index (χ3v) is 5.49. The molecule has 0 radical (unpaired) electrons. The zero-order valence-corrected chi connectivity index (χ0v) is 15.5. The van der Waals surface area contributed by atoms with E-state index in [-0.39, 0.29) is 23.8 Å². The number of rotatable bonds is 3. The zero-order valence-electron chi connectivity index (χ0n) is 15.5. The van der Waals surface area contributed by atoms with Crippen LogP contribution in [0.4, 0.5) is 4.79 Å². The molecule has 5 nitrogen and oxygen atoms in total. The van der Waals surface area contributed by atoms with Crippen molar-refractivity contribution in [3.63, 3.8) is 0 Å².